The zero-order valence-corrected chi connectivity index (χ0v) is 17.6. The van der Waals surface area contributed by atoms with E-state index in [1.807, 2.05) is 25.1 Å². The second-order valence-electron chi connectivity index (χ2n) is 7.75. The zero-order valence-electron chi connectivity index (χ0n) is 15.2. The maximum Gasteiger partial charge on any atom is 0.238 e. The first kappa shape index (κ1) is 19.0. The molecule has 0 saturated carbocycles. The van der Waals surface area contributed by atoms with Gasteiger partial charge in [0.2, 0.25) is 11.3 Å². The van der Waals surface area contributed by atoms with Crippen LogP contribution >= 0.6 is 15.9 Å². The lowest BCUT2D eigenvalue weighted by atomic mass is 10.1. The molecular formula is C18H26BrN3O2S. The molecule has 1 fully saturated rings. The molecule has 1 aromatic heterocycles. The lowest BCUT2D eigenvalue weighted by Gasteiger charge is -2.25. The maximum atomic E-state index is 12.6. The number of H-pyrrole nitrogens is 1. The van der Waals surface area contributed by atoms with E-state index in [9.17, 15) is 4.21 Å². The third-order valence-corrected chi connectivity index (χ3v) is 6.18. The van der Waals surface area contributed by atoms with Crippen LogP contribution in [0, 0.1) is 5.92 Å². The van der Waals surface area contributed by atoms with Gasteiger partial charge in [-0.3, -0.25) is 4.18 Å². The third-order valence-electron chi connectivity index (χ3n) is 4.22. The van der Waals surface area contributed by atoms with Crippen molar-refractivity contribution in [2.45, 2.75) is 58.6 Å². The van der Waals surface area contributed by atoms with Crippen molar-refractivity contribution in [1.82, 2.24) is 14.3 Å². The molecule has 0 radical (unpaired) electrons. The summed E-state index contributed by atoms with van der Waals surface area (Å²) >= 11 is 2.14. The number of nitrogens with one attached hydrogen (secondary N) is 1. The Bertz CT molecular complexity index is 809. The van der Waals surface area contributed by atoms with Crippen LogP contribution in [0.1, 0.15) is 58.8 Å². The van der Waals surface area contributed by atoms with E-state index >= 15 is 0 Å². The Hall–Kier alpha value is -0.760. The molecule has 0 aromatic carbocycles. The number of allylic oxidation sites excluding steroid dienone is 2. The summed E-state index contributed by atoms with van der Waals surface area (Å²) in [6.07, 6.45) is 9.32. The lowest BCUT2D eigenvalue weighted by molar-refractivity contribution is 0.136. The predicted molar refractivity (Wildman–Crippen MR) is 105 cm³/mol. The van der Waals surface area contributed by atoms with Gasteiger partial charge in [0, 0.05) is 11.0 Å². The van der Waals surface area contributed by atoms with Gasteiger partial charge in [-0.2, -0.15) is 4.31 Å². The van der Waals surface area contributed by atoms with E-state index in [-0.39, 0.29) is 6.04 Å². The van der Waals surface area contributed by atoms with Crippen LogP contribution in [-0.4, -0.2) is 30.6 Å². The van der Waals surface area contributed by atoms with Crippen LogP contribution < -0.4 is 10.7 Å². The Morgan fingerprint density at radius 1 is 1.44 bits per heavy atom. The molecule has 7 heteroatoms. The highest BCUT2D eigenvalue weighted by Crippen LogP contribution is 2.32. The Morgan fingerprint density at radius 3 is 2.92 bits per heavy atom. The summed E-state index contributed by atoms with van der Waals surface area (Å²) in [7, 11) is 0. The van der Waals surface area contributed by atoms with Crippen LogP contribution in [0.15, 0.2) is 10.6 Å². The number of nitrogens with zero attached hydrogens (tertiary/aromatic N) is 2. The highest BCUT2D eigenvalue weighted by molar-refractivity contribution is 9.12. The quantitative estimate of drug-likeness (QED) is 0.806. The molecule has 0 spiro atoms. The Balaban J connectivity index is 1.91. The van der Waals surface area contributed by atoms with Crippen molar-refractivity contribution in [3.63, 3.8) is 0 Å². The highest BCUT2D eigenvalue weighted by Gasteiger charge is 2.34. The van der Waals surface area contributed by atoms with Gasteiger partial charge in [-0.1, -0.05) is 35.0 Å². The van der Waals surface area contributed by atoms with Gasteiger partial charge in [0.1, 0.15) is 5.82 Å². The normalized spacial score (nSPS) is 30.8. The topological polar surface area (TPSA) is 58.2 Å². The van der Waals surface area contributed by atoms with Gasteiger partial charge in [0.25, 0.3) is 0 Å². The lowest BCUT2D eigenvalue weighted by Crippen LogP contribution is -2.33. The van der Waals surface area contributed by atoms with E-state index in [4.69, 9.17) is 9.17 Å². The number of halogens is 1. The number of hydrogen-bond donors (Lipinski definition) is 1. The van der Waals surface area contributed by atoms with Gasteiger partial charge >= 0.3 is 0 Å². The molecule has 25 heavy (non-hydrogen) atoms. The van der Waals surface area contributed by atoms with Gasteiger partial charge < -0.3 is 4.98 Å². The van der Waals surface area contributed by atoms with E-state index in [0.717, 1.165) is 46.8 Å². The first-order valence-corrected chi connectivity index (χ1v) is 10.6. The Kier molecular flexibility index (Phi) is 5.68. The van der Waals surface area contributed by atoms with Crippen LogP contribution in [0.3, 0.4) is 0 Å². The number of aromatic nitrogens is 2. The standard InChI is InChI=1S/C18H26BrN3O2S/c1-12-7-8-14-15(11-13(19)10-12)21-17(20-14)16-6-5-9-22(16)25(23)24-18(2,3)4/h8,10-12,16H,5-7,9H2,1-4H3,(H,20,21)/b13-10+,14-8-,15-11+/t12?,16-,25?/m0/s1. The van der Waals surface area contributed by atoms with Crippen LogP contribution in [0.4, 0.5) is 0 Å². The number of fused-ring (bicyclic) bond motifs is 1. The molecule has 0 amide bonds. The fraction of sp³-hybridized carbons (Fsp3) is 0.611. The fourth-order valence-electron chi connectivity index (χ4n) is 3.12. The van der Waals surface area contributed by atoms with E-state index in [0.29, 0.717) is 5.92 Å². The summed E-state index contributed by atoms with van der Waals surface area (Å²) < 4.78 is 21.3. The van der Waals surface area contributed by atoms with Crippen molar-refractivity contribution < 1.29 is 8.39 Å². The fourth-order valence-corrected chi connectivity index (χ4v) is 5.02. The number of rotatable bonds is 3. The summed E-state index contributed by atoms with van der Waals surface area (Å²) in [5.41, 5.74) is -0.441. The van der Waals surface area contributed by atoms with Gasteiger partial charge in [-0.15, -0.1) is 0 Å². The van der Waals surface area contributed by atoms with Gasteiger partial charge in [0.05, 0.1) is 22.3 Å². The third kappa shape index (κ3) is 4.70. The van der Waals surface area contributed by atoms with E-state index < -0.39 is 16.9 Å². The molecule has 3 rings (SSSR count). The minimum absolute atomic E-state index is 0.00147. The molecule has 2 heterocycles. The highest BCUT2D eigenvalue weighted by atomic mass is 79.9. The van der Waals surface area contributed by atoms with Crippen molar-refractivity contribution in [2.24, 2.45) is 5.92 Å². The second kappa shape index (κ2) is 7.47. The molecule has 1 aliphatic heterocycles. The van der Waals surface area contributed by atoms with E-state index in [2.05, 4.69) is 46.1 Å². The first-order valence-electron chi connectivity index (χ1n) is 8.76. The maximum absolute atomic E-state index is 12.6. The van der Waals surface area contributed by atoms with Crippen LogP contribution in [0.5, 0.6) is 0 Å². The van der Waals surface area contributed by atoms with Crippen LogP contribution in [0.2, 0.25) is 0 Å². The van der Waals surface area contributed by atoms with Crippen molar-refractivity contribution in [2.75, 3.05) is 6.54 Å². The summed E-state index contributed by atoms with van der Waals surface area (Å²) in [6, 6.07) is -0.00147. The minimum atomic E-state index is -1.47. The molecule has 2 unspecified atom stereocenters. The second-order valence-corrected chi connectivity index (χ2v) is 9.73. The molecule has 1 aliphatic carbocycles. The molecule has 0 bridgehead atoms. The molecular weight excluding hydrogens is 402 g/mol. The van der Waals surface area contributed by atoms with Crippen molar-refractivity contribution >= 4 is 39.3 Å². The molecule has 2 aliphatic rings. The molecule has 5 nitrogen and oxygen atoms in total. The zero-order chi connectivity index (χ0) is 18.2. The summed E-state index contributed by atoms with van der Waals surface area (Å²) in [4.78, 5) is 8.25. The average Bonchev–Trinajstić information content (AvgIpc) is 3.08. The van der Waals surface area contributed by atoms with Gasteiger partial charge in [-0.25, -0.2) is 9.19 Å². The average molecular weight is 428 g/mol. The van der Waals surface area contributed by atoms with Gasteiger partial charge in [0.15, 0.2) is 0 Å². The molecule has 138 valence electrons. The number of aromatic amines is 1. The van der Waals surface area contributed by atoms with E-state index in [1.165, 1.54) is 0 Å². The summed E-state index contributed by atoms with van der Waals surface area (Å²) in [5.74, 6) is 1.34. The largest absolute Gasteiger partial charge is 0.341 e. The first-order chi connectivity index (χ1) is 11.7. The monoisotopic (exact) mass is 427 g/mol. The molecule has 1 aromatic rings. The smallest absolute Gasteiger partial charge is 0.238 e. The molecule has 3 atom stereocenters. The van der Waals surface area contributed by atoms with Gasteiger partial charge in [-0.05, 0) is 52.0 Å². The van der Waals surface area contributed by atoms with Crippen LogP contribution in [-0.2, 0) is 15.4 Å². The SMILES string of the molecule is CC1\C=C(Br)/C=c2/[nH]c([C@@H]3CCCN3S(=O)OC(C)(C)C)n/c2=C\C1. The molecule has 1 N–H and O–H groups in total. The Morgan fingerprint density at radius 2 is 2.20 bits per heavy atom. The molecule has 1 saturated heterocycles. The minimum Gasteiger partial charge on any atom is -0.341 e. The summed E-state index contributed by atoms with van der Waals surface area (Å²) in [5, 5.41) is 1.97. The predicted octanol–water partition coefficient (Wildman–Crippen LogP) is 2.82. The Labute approximate surface area is 160 Å². The number of hydrogen-bond acceptors (Lipinski definition) is 3. The van der Waals surface area contributed by atoms with E-state index in [1.54, 1.807) is 0 Å². The van der Waals surface area contributed by atoms with Crippen LogP contribution in [0.25, 0.3) is 12.2 Å². The van der Waals surface area contributed by atoms with Crippen molar-refractivity contribution in [3.05, 3.63) is 27.1 Å². The number of imidazole rings is 1. The van der Waals surface area contributed by atoms with Crippen molar-refractivity contribution in [3.8, 4) is 0 Å². The van der Waals surface area contributed by atoms with Crippen molar-refractivity contribution in [1.29, 1.82) is 0 Å². The summed E-state index contributed by atoms with van der Waals surface area (Å²) in [6.45, 7) is 8.71.